The molecule has 1 aliphatic heterocycles. The molecule has 0 unspecified atom stereocenters. The second kappa shape index (κ2) is 4.73. The number of fused-ring (bicyclic) bond motifs is 1. The minimum absolute atomic E-state index is 0.232. The molecule has 0 aliphatic carbocycles. The summed E-state index contributed by atoms with van der Waals surface area (Å²) in [6.07, 6.45) is -0.606. The van der Waals surface area contributed by atoms with Gasteiger partial charge < -0.3 is 14.2 Å². The number of nitrogens with one attached hydrogen (secondary N) is 1. The second-order valence-corrected chi connectivity index (χ2v) is 3.37. The summed E-state index contributed by atoms with van der Waals surface area (Å²) in [5.74, 6) is 1.39. The zero-order valence-corrected chi connectivity index (χ0v) is 9.52. The van der Waals surface area contributed by atoms with Crippen LogP contribution in [0.15, 0.2) is 23.3 Å². The fourth-order valence-corrected chi connectivity index (χ4v) is 1.36. The number of ether oxygens (including phenoxy) is 3. The molecular weight excluding hydrogens is 224 g/mol. The third kappa shape index (κ3) is 2.47. The SMILES string of the molecule is COC(=O)N/N=C(/C)c1ccc2c(c1)OCO2. The Morgan fingerprint density at radius 2 is 2.18 bits per heavy atom. The van der Waals surface area contributed by atoms with Gasteiger partial charge in [-0.05, 0) is 25.1 Å². The van der Waals surface area contributed by atoms with E-state index in [1.807, 2.05) is 6.07 Å². The van der Waals surface area contributed by atoms with E-state index in [-0.39, 0.29) is 6.79 Å². The van der Waals surface area contributed by atoms with Gasteiger partial charge in [0, 0.05) is 5.56 Å². The lowest BCUT2D eigenvalue weighted by Gasteiger charge is -2.03. The first-order chi connectivity index (χ1) is 8.20. The number of rotatable bonds is 2. The molecule has 1 heterocycles. The van der Waals surface area contributed by atoms with Crippen molar-refractivity contribution in [2.45, 2.75) is 6.92 Å². The van der Waals surface area contributed by atoms with Crippen LogP contribution >= 0.6 is 0 Å². The zero-order valence-electron chi connectivity index (χ0n) is 9.52. The van der Waals surface area contributed by atoms with Crippen molar-refractivity contribution in [2.75, 3.05) is 13.9 Å². The average molecular weight is 236 g/mol. The number of hydrazone groups is 1. The molecule has 1 N–H and O–H groups in total. The molecule has 1 amide bonds. The number of carbonyl (C=O) groups is 1. The fourth-order valence-electron chi connectivity index (χ4n) is 1.36. The van der Waals surface area contributed by atoms with Crippen LogP contribution in [-0.2, 0) is 4.74 Å². The smallest absolute Gasteiger partial charge is 0.427 e. The standard InChI is InChI=1S/C11H12N2O4/c1-7(12-13-11(14)15-2)8-3-4-9-10(5-8)17-6-16-9/h3-5H,6H2,1-2H3,(H,13,14)/b12-7-. The molecule has 6 nitrogen and oxygen atoms in total. The van der Waals surface area contributed by atoms with Gasteiger partial charge in [0.25, 0.3) is 0 Å². The van der Waals surface area contributed by atoms with Gasteiger partial charge in [-0.15, -0.1) is 0 Å². The lowest BCUT2D eigenvalue weighted by atomic mass is 10.1. The number of benzene rings is 1. The first-order valence-corrected chi connectivity index (χ1v) is 4.99. The molecule has 2 rings (SSSR count). The topological polar surface area (TPSA) is 69.2 Å². The Hall–Kier alpha value is -2.24. The van der Waals surface area contributed by atoms with E-state index in [2.05, 4.69) is 15.3 Å². The third-order valence-corrected chi connectivity index (χ3v) is 2.29. The summed E-state index contributed by atoms with van der Waals surface area (Å²) in [6.45, 7) is 2.00. The Kier molecular flexibility index (Phi) is 3.13. The lowest BCUT2D eigenvalue weighted by Crippen LogP contribution is -2.18. The Labute approximate surface area is 98.2 Å². The summed E-state index contributed by atoms with van der Waals surface area (Å²) in [7, 11) is 1.28. The van der Waals surface area contributed by atoms with Crippen LogP contribution in [0.2, 0.25) is 0 Å². The quantitative estimate of drug-likeness (QED) is 0.624. The summed E-state index contributed by atoms with van der Waals surface area (Å²) >= 11 is 0. The normalized spacial score (nSPS) is 13.4. The third-order valence-electron chi connectivity index (χ3n) is 2.29. The monoisotopic (exact) mass is 236 g/mol. The van der Waals surface area contributed by atoms with Crippen LogP contribution in [0, 0.1) is 0 Å². The van der Waals surface area contributed by atoms with E-state index in [4.69, 9.17) is 9.47 Å². The molecule has 0 saturated carbocycles. The van der Waals surface area contributed by atoms with Crippen molar-refractivity contribution in [3.8, 4) is 11.5 Å². The Balaban J connectivity index is 2.14. The fraction of sp³-hybridized carbons (Fsp3) is 0.273. The molecule has 90 valence electrons. The minimum Gasteiger partial charge on any atom is -0.454 e. The van der Waals surface area contributed by atoms with E-state index in [0.717, 1.165) is 5.56 Å². The van der Waals surface area contributed by atoms with Gasteiger partial charge in [0.15, 0.2) is 11.5 Å². The van der Waals surface area contributed by atoms with E-state index < -0.39 is 6.09 Å². The van der Waals surface area contributed by atoms with Crippen molar-refractivity contribution in [1.82, 2.24) is 5.43 Å². The van der Waals surface area contributed by atoms with Gasteiger partial charge >= 0.3 is 6.09 Å². The molecule has 0 atom stereocenters. The highest BCUT2D eigenvalue weighted by atomic mass is 16.7. The molecule has 1 aromatic carbocycles. The highest BCUT2D eigenvalue weighted by Gasteiger charge is 2.14. The van der Waals surface area contributed by atoms with E-state index in [9.17, 15) is 4.79 Å². The molecule has 0 fully saturated rings. The van der Waals surface area contributed by atoms with Gasteiger partial charge in [-0.2, -0.15) is 5.10 Å². The summed E-state index contributed by atoms with van der Waals surface area (Å²) < 4.78 is 14.9. The summed E-state index contributed by atoms with van der Waals surface area (Å²) in [5, 5.41) is 3.89. The summed E-state index contributed by atoms with van der Waals surface area (Å²) in [6, 6.07) is 5.44. The molecule has 0 spiro atoms. The molecule has 6 heteroatoms. The number of hydrogen-bond donors (Lipinski definition) is 1. The second-order valence-electron chi connectivity index (χ2n) is 3.37. The summed E-state index contributed by atoms with van der Waals surface area (Å²) in [4.78, 5) is 10.8. The molecule has 0 bridgehead atoms. The molecule has 0 aromatic heterocycles. The number of amides is 1. The number of methoxy groups -OCH3 is 1. The van der Waals surface area contributed by atoms with Crippen LogP contribution < -0.4 is 14.9 Å². The van der Waals surface area contributed by atoms with Crippen molar-refractivity contribution in [2.24, 2.45) is 5.10 Å². The average Bonchev–Trinajstić information content (AvgIpc) is 2.82. The van der Waals surface area contributed by atoms with Crippen molar-refractivity contribution >= 4 is 11.8 Å². The maximum absolute atomic E-state index is 10.8. The highest BCUT2D eigenvalue weighted by Crippen LogP contribution is 2.32. The molecule has 1 aliphatic rings. The van der Waals surface area contributed by atoms with E-state index >= 15 is 0 Å². The van der Waals surface area contributed by atoms with Crippen LogP contribution in [0.3, 0.4) is 0 Å². The van der Waals surface area contributed by atoms with Crippen LogP contribution in [0.25, 0.3) is 0 Å². The number of hydrogen-bond acceptors (Lipinski definition) is 5. The Morgan fingerprint density at radius 1 is 1.41 bits per heavy atom. The number of carbonyl (C=O) groups excluding carboxylic acids is 1. The molecule has 17 heavy (non-hydrogen) atoms. The lowest BCUT2D eigenvalue weighted by molar-refractivity contribution is 0.171. The van der Waals surface area contributed by atoms with Crippen molar-refractivity contribution in [3.05, 3.63) is 23.8 Å². The predicted molar refractivity (Wildman–Crippen MR) is 60.3 cm³/mol. The number of nitrogens with zero attached hydrogens (tertiary/aromatic N) is 1. The maximum atomic E-state index is 10.8. The molecule has 0 saturated heterocycles. The van der Waals surface area contributed by atoms with Crippen LogP contribution in [0.4, 0.5) is 4.79 Å². The van der Waals surface area contributed by atoms with Gasteiger partial charge in [-0.3, -0.25) is 0 Å². The van der Waals surface area contributed by atoms with Crippen LogP contribution in [0.1, 0.15) is 12.5 Å². The predicted octanol–water partition coefficient (Wildman–Crippen LogP) is 1.50. The van der Waals surface area contributed by atoms with Gasteiger partial charge in [0.2, 0.25) is 6.79 Å². The van der Waals surface area contributed by atoms with Crippen molar-refractivity contribution in [1.29, 1.82) is 0 Å². The maximum Gasteiger partial charge on any atom is 0.427 e. The van der Waals surface area contributed by atoms with Crippen LogP contribution in [-0.4, -0.2) is 25.7 Å². The van der Waals surface area contributed by atoms with E-state index in [1.165, 1.54) is 7.11 Å². The minimum atomic E-state index is -0.606. The molecular formula is C11H12N2O4. The van der Waals surface area contributed by atoms with E-state index in [0.29, 0.717) is 17.2 Å². The first-order valence-electron chi connectivity index (χ1n) is 4.99. The van der Waals surface area contributed by atoms with Gasteiger partial charge in [0.1, 0.15) is 0 Å². The Bertz CT molecular complexity index is 471. The summed E-state index contributed by atoms with van der Waals surface area (Å²) in [5.41, 5.74) is 3.74. The van der Waals surface area contributed by atoms with Crippen molar-refractivity contribution in [3.63, 3.8) is 0 Å². The molecule has 1 aromatic rings. The zero-order chi connectivity index (χ0) is 12.3. The largest absolute Gasteiger partial charge is 0.454 e. The van der Waals surface area contributed by atoms with Gasteiger partial charge in [-0.25, -0.2) is 10.2 Å². The van der Waals surface area contributed by atoms with Crippen molar-refractivity contribution < 1.29 is 19.0 Å². The highest BCUT2D eigenvalue weighted by molar-refractivity contribution is 5.99. The van der Waals surface area contributed by atoms with E-state index in [1.54, 1.807) is 19.1 Å². The van der Waals surface area contributed by atoms with Gasteiger partial charge in [0.05, 0.1) is 12.8 Å². The van der Waals surface area contributed by atoms with Gasteiger partial charge in [-0.1, -0.05) is 0 Å². The Morgan fingerprint density at radius 3 is 2.94 bits per heavy atom. The first kappa shape index (κ1) is 11.3. The molecule has 0 radical (unpaired) electrons. The van der Waals surface area contributed by atoms with Crippen LogP contribution in [0.5, 0.6) is 11.5 Å².